The SMILES string of the molecule is N#Cc1ccc(C2=CC3CCCC(C2)N3C(=O)OCc2ccccc2)cc1. The van der Waals surface area contributed by atoms with Gasteiger partial charge in [0, 0.05) is 6.04 Å². The number of benzene rings is 2. The van der Waals surface area contributed by atoms with Crippen molar-refractivity contribution in [3.8, 4) is 6.07 Å². The maximum atomic E-state index is 12.8. The van der Waals surface area contributed by atoms with Gasteiger partial charge in [-0.3, -0.25) is 4.90 Å². The third-order valence-corrected chi connectivity index (χ3v) is 5.44. The molecule has 2 aromatic rings. The highest BCUT2D eigenvalue weighted by Gasteiger charge is 2.38. The minimum Gasteiger partial charge on any atom is -0.445 e. The van der Waals surface area contributed by atoms with Gasteiger partial charge in [0.05, 0.1) is 17.7 Å². The highest BCUT2D eigenvalue weighted by atomic mass is 16.6. The molecule has 4 heteroatoms. The molecule has 2 atom stereocenters. The van der Waals surface area contributed by atoms with E-state index < -0.39 is 0 Å². The number of fused-ring (bicyclic) bond motifs is 2. The summed E-state index contributed by atoms with van der Waals surface area (Å²) in [4.78, 5) is 14.7. The monoisotopic (exact) mass is 358 g/mol. The second-order valence-electron chi connectivity index (χ2n) is 7.18. The van der Waals surface area contributed by atoms with E-state index in [4.69, 9.17) is 10.00 Å². The lowest BCUT2D eigenvalue weighted by Gasteiger charge is -2.44. The van der Waals surface area contributed by atoms with E-state index in [1.807, 2.05) is 59.5 Å². The third kappa shape index (κ3) is 3.73. The van der Waals surface area contributed by atoms with Gasteiger partial charge in [-0.25, -0.2) is 4.79 Å². The van der Waals surface area contributed by atoms with Gasteiger partial charge < -0.3 is 4.74 Å². The molecule has 2 heterocycles. The summed E-state index contributed by atoms with van der Waals surface area (Å²) in [6.45, 7) is 0.307. The Kier molecular flexibility index (Phi) is 4.93. The fourth-order valence-electron chi connectivity index (χ4n) is 4.08. The highest BCUT2D eigenvalue weighted by molar-refractivity contribution is 5.74. The summed E-state index contributed by atoms with van der Waals surface area (Å²) < 4.78 is 5.60. The van der Waals surface area contributed by atoms with Crippen molar-refractivity contribution in [1.29, 1.82) is 5.26 Å². The smallest absolute Gasteiger partial charge is 0.410 e. The summed E-state index contributed by atoms with van der Waals surface area (Å²) in [5.74, 6) is 0. The van der Waals surface area contributed by atoms with Crippen LogP contribution in [-0.4, -0.2) is 23.1 Å². The number of carbonyl (C=O) groups is 1. The van der Waals surface area contributed by atoms with Crippen molar-refractivity contribution >= 4 is 11.7 Å². The molecular formula is C23H22N2O2. The van der Waals surface area contributed by atoms with Crippen LogP contribution in [0.1, 0.15) is 42.4 Å². The molecule has 2 aliphatic heterocycles. The maximum absolute atomic E-state index is 12.8. The van der Waals surface area contributed by atoms with E-state index in [-0.39, 0.29) is 18.2 Å². The zero-order chi connectivity index (χ0) is 18.6. The second kappa shape index (κ2) is 7.67. The molecule has 1 amide bonds. The van der Waals surface area contributed by atoms with Crippen molar-refractivity contribution in [1.82, 2.24) is 4.90 Å². The van der Waals surface area contributed by atoms with Crippen LogP contribution in [-0.2, 0) is 11.3 Å². The lowest BCUT2D eigenvalue weighted by Crippen LogP contribution is -2.51. The summed E-state index contributed by atoms with van der Waals surface area (Å²) >= 11 is 0. The number of nitriles is 1. The molecule has 4 rings (SSSR count). The highest BCUT2D eigenvalue weighted by Crippen LogP contribution is 2.37. The number of ether oxygens (including phenoxy) is 1. The lowest BCUT2D eigenvalue weighted by atomic mass is 9.83. The van der Waals surface area contributed by atoms with Crippen molar-refractivity contribution in [2.75, 3.05) is 0 Å². The lowest BCUT2D eigenvalue weighted by molar-refractivity contribution is 0.0510. The van der Waals surface area contributed by atoms with Crippen LogP contribution in [0.2, 0.25) is 0 Å². The van der Waals surface area contributed by atoms with Crippen molar-refractivity contribution in [2.45, 2.75) is 44.4 Å². The van der Waals surface area contributed by atoms with Crippen molar-refractivity contribution in [2.24, 2.45) is 0 Å². The van der Waals surface area contributed by atoms with Gasteiger partial charge in [0.2, 0.25) is 0 Å². The molecule has 1 saturated heterocycles. The Hall–Kier alpha value is -3.06. The third-order valence-electron chi connectivity index (χ3n) is 5.44. The molecule has 2 unspecified atom stereocenters. The molecule has 2 bridgehead atoms. The first-order valence-electron chi connectivity index (χ1n) is 9.45. The Morgan fingerprint density at radius 1 is 1.11 bits per heavy atom. The molecular weight excluding hydrogens is 336 g/mol. The molecule has 1 fully saturated rings. The summed E-state index contributed by atoms with van der Waals surface area (Å²) in [6.07, 6.45) is 5.93. The molecule has 0 spiro atoms. The van der Waals surface area contributed by atoms with E-state index >= 15 is 0 Å². The zero-order valence-electron chi connectivity index (χ0n) is 15.2. The Balaban J connectivity index is 1.49. The number of rotatable bonds is 3. The molecule has 4 nitrogen and oxygen atoms in total. The van der Waals surface area contributed by atoms with Crippen LogP contribution in [0.15, 0.2) is 60.7 Å². The number of carbonyl (C=O) groups excluding carboxylic acids is 1. The van der Waals surface area contributed by atoms with Gasteiger partial charge in [0.15, 0.2) is 0 Å². The fraction of sp³-hybridized carbons (Fsp3) is 0.304. The van der Waals surface area contributed by atoms with Crippen LogP contribution in [0, 0.1) is 11.3 Å². The van der Waals surface area contributed by atoms with Gasteiger partial charge >= 0.3 is 6.09 Å². The Labute approximate surface area is 159 Å². The van der Waals surface area contributed by atoms with Crippen LogP contribution in [0.4, 0.5) is 4.79 Å². The number of amides is 1. The minimum absolute atomic E-state index is 0.0893. The predicted molar refractivity (Wildman–Crippen MR) is 104 cm³/mol. The molecule has 2 aliphatic rings. The molecule has 0 aliphatic carbocycles. The molecule has 136 valence electrons. The van der Waals surface area contributed by atoms with Gasteiger partial charge in [0.25, 0.3) is 0 Å². The topological polar surface area (TPSA) is 53.3 Å². The number of hydrogen-bond acceptors (Lipinski definition) is 3. The minimum atomic E-state index is -0.219. The van der Waals surface area contributed by atoms with E-state index in [9.17, 15) is 4.79 Å². The molecule has 0 radical (unpaired) electrons. The van der Waals surface area contributed by atoms with E-state index in [2.05, 4.69) is 12.1 Å². The summed E-state index contributed by atoms with van der Waals surface area (Å²) in [5.41, 5.74) is 4.08. The predicted octanol–water partition coefficient (Wildman–Crippen LogP) is 4.91. The summed E-state index contributed by atoms with van der Waals surface area (Å²) in [7, 11) is 0. The van der Waals surface area contributed by atoms with E-state index in [1.165, 1.54) is 5.57 Å². The van der Waals surface area contributed by atoms with Crippen molar-refractivity contribution in [3.63, 3.8) is 0 Å². The van der Waals surface area contributed by atoms with E-state index in [0.717, 1.165) is 36.8 Å². The Morgan fingerprint density at radius 3 is 2.59 bits per heavy atom. The zero-order valence-corrected chi connectivity index (χ0v) is 15.2. The first-order chi connectivity index (χ1) is 13.2. The van der Waals surface area contributed by atoms with E-state index in [1.54, 1.807) is 0 Å². The first kappa shape index (κ1) is 17.4. The molecule has 0 saturated carbocycles. The van der Waals surface area contributed by atoms with Crippen molar-refractivity contribution < 1.29 is 9.53 Å². The average molecular weight is 358 g/mol. The van der Waals surface area contributed by atoms with Crippen LogP contribution in [0.5, 0.6) is 0 Å². The second-order valence-corrected chi connectivity index (χ2v) is 7.18. The van der Waals surface area contributed by atoms with Gasteiger partial charge in [-0.1, -0.05) is 48.5 Å². The molecule has 27 heavy (non-hydrogen) atoms. The molecule has 0 N–H and O–H groups in total. The van der Waals surface area contributed by atoms with Gasteiger partial charge in [-0.15, -0.1) is 0 Å². The molecule has 2 aromatic carbocycles. The van der Waals surface area contributed by atoms with Crippen LogP contribution in [0.3, 0.4) is 0 Å². The average Bonchev–Trinajstić information content (AvgIpc) is 2.72. The largest absolute Gasteiger partial charge is 0.445 e. The van der Waals surface area contributed by atoms with Crippen LogP contribution < -0.4 is 0 Å². The quantitative estimate of drug-likeness (QED) is 0.784. The number of piperidine rings is 1. The fourth-order valence-corrected chi connectivity index (χ4v) is 4.08. The van der Waals surface area contributed by atoms with Gasteiger partial charge in [-0.2, -0.15) is 5.26 Å². The Bertz CT molecular complexity index is 881. The van der Waals surface area contributed by atoms with Crippen LogP contribution in [0.25, 0.3) is 5.57 Å². The first-order valence-corrected chi connectivity index (χ1v) is 9.45. The molecule has 0 aromatic heterocycles. The number of nitrogens with zero attached hydrogens (tertiary/aromatic N) is 2. The number of hydrogen-bond donors (Lipinski definition) is 0. The maximum Gasteiger partial charge on any atom is 0.410 e. The summed E-state index contributed by atoms with van der Waals surface area (Å²) in [6, 6.07) is 19.9. The van der Waals surface area contributed by atoms with Gasteiger partial charge in [0.1, 0.15) is 6.61 Å². The standard InChI is InChI=1S/C23H22N2O2/c24-15-17-9-11-19(12-10-17)20-13-21-7-4-8-22(14-20)25(21)23(26)27-16-18-5-2-1-3-6-18/h1-3,5-6,9-13,21-22H,4,7-8,14,16H2. The Morgan fingerprint density at radius 2 is 1.89 bits per heavy atom. The van der Waals surface area contributed by atoms with Crippen molar-refractivity contribution in [3.05, 3.63) is 77.4 Å². The van der Waals surface area contributed by atoms with E-state index in [0.29, 0.717) is 12.2 Å². The summed E-state index contributed by atoms with van der Waals surface area (Å²) in [5, 5.41) is 8.98. The van der Waals surface area contributed by atoms with Crippen LogP contribution >= 0.6 is 0 Å². The normalized spacial score (nSPS) is 21.1. The van der Waals surface area contributed by atoms with Gasteiger partial charge in [-0.05, 0) is 54.5 Å².